The predicted octanol–water partition coefficient (Wildman–Crippen LogP) is 11.7. The van der Waals surface area contributed by atoms with E-state index in [4.69, 9.17) is 4.74 Å². The number of fused-ring (bicyclic) bond motifs is 5. The Hall–Kier alpha value is -6.06. The first-order valence-electron chi connectivity index (χ1n) is 15.3. The predicted molar refractivity (Wildman–Crippen MR) is 186 cm³/mol. The van der Waals surface area contributed by atoms with Gasteiger partial charge in [-0.15, -0.1) is 0 Å². The summed E-state index contributed by atoms with van der Waals surface area (Å²) < 4.78 is 8.93. The molecule has 0 atom stereocenters. The molecule has 7 aromatic carbocycles. The van der Waals surface area contributed by atoms with Crippen LogP contribution in [0.25, 0.3) is 49.7 Å². The topological polar surface area (TPSA) is 17.4 Å². The van der Waals surface area contributed by atoms with Gasteiger partial charge in [0.25, 0.3) is 0 Å². The second-order valence-corrected chi connectivity index (χ2v) is 11.4. The monoisotopic (exact) mass is 576 g/mol. The average Bonchev–Trinajstić information content (AvgIpc) is 3.45. The van der Waals surface area contributed by atoms with Crippen molar-refractivity contribution in [3.63, 3.8) is 0 Å². The van der Waals surface area contributed by atoms with Crippen LogP contribution in [0, 0.1) is 0 Å². The van der Waals surface area contributed by atoms with Crippen LogP contribution in [0.5, 0.6) is 11.5 Å². The Bertz CT molecular complexity index is 2360. The highest BCUT2D eigenvalue weighted by Gasteiger charge is 2.26. The molecule has 0 saturated carbocycles. The number of para-hydroxylation sites is 4. The van der Waals surface area contributed by atoms with Crippen molar-refractivity contribution < 1.29 is 4.74 Å². The van der Waals surface area contributed by atoms with E-state index in [0.29, 0.717) is 0 Å². The van der Waals surface area contributed by atoms with E-state index < -0.39 is 0 Å². The summed E-state index contributed by atoms with van der Waals surface area (Å²) in [5.41, 5.74) is 11.3. The SMILES string of the molecule is c1ccc(-c2cccc(N3c4ccccc4Oc4cc(-c5ccc6c(c5)c5ccccc5n6-c5ccccc5)ccc43)c2)cc1. The molecule has 45 heavy (non-hydrogen) atoms. The molecule has 2 heterocycles. The molecule has 3 heteroatoms. The summed E-state index contributed by atoms with van der Waals surface area (Å²) in [4.78, 5) is 2.31. The third-order valence-corrected chi connectivity index (χ3v) is 8.76. The Morgan fingerprint density at radius 1 is 0.356 bits per heavy atom. The first-order chi connectivity index (χ1) is 22.3. The van der Waals surface area contributed by atoms with E-state index in [9.17, 15) is 0 Å². The summed E-state index contributed by atoms with van der Waals surface area (Å²) in [5, 5.41) is 2.47. The minimum absolute atomic E-state index is 0.836. The van der Waals surface area contributed by atoms with Crippen LogP contribution >= 0.6 is 0 Å². The van der Waals surface area contributed by atoms with E-state index in [-0.39, 0.29) is 0 Å². The van der Waals surface area contributed by atoms with Crippen LogP contribution in [0.2, 0.25) is 0 Å². The lowest BCUT2D eigenvalue weighted by molar-refractivity contribution is 0.477. The molecule has 0 bridgehead atoms. The molecule has 1 aliphatic heterocycles. The van der Waals surface area contributed by atoms with Crippen molar-refractivity contribution in [1.29, 1.82) is 0 Å². The number of aromatic nitrogens is 1. The molecule has 0 N–H and O–H groups in total. The first-order valence-corrected chi connectivity index (χ1v) is 15.3. The molecule has 0 unspecified atom stereocenters. The highest BCUT2D eigenvalue weighted by Crippen LogP contribution is 2.51. The molecule has 9 rings (SSSR count). The fourth-order valence-electron chi connectivity index (χ4n) is 6.68. The van der Waals surface area contributed by atoms with Crippen molar-refractivity contribution in [3.8, 4) is 39.4 Å². The summed E-state index contributed by atoms with van der Waals surface area (Å²) in [6, 6.07) is 60.1. The lowest BCUT2D eigenvalue weighted by Gasteiger charge is -2.33. The van der Waals surface area contributed by atoms with Gasteiger partial charge in [-0.3, -0.25) is 0 Å². The Morgan fingerprint density at radius 2 is 0.978 bits per heavy atom. The lowest BCUT2D eigenvalue weighted by atomic mass is 10.0. The average molecular weight is 577 g/mol. The van der Waals surface area contributed by atoms with Gasteiger partial charge in [-0.1, -0.05) is 103 Å². The van der Waals surface area contributed by atoms with E-state index in [1.165, 1.54) is 32.9 Å². The number of anilines is 3. The second-order valence-electron chi connectivity index (χ2n) is 11.4. The molecule has 0 amide bonds. The van der Waals surface area contributed by atoms with Crippen LogP contribution in [-0.4, -0.2) is 4.57 Å². The molecule has 8 aromatic rings. The molecule has 0 saturated heterocycles. The zero-order valence-electron chi connectivity index (χ0n) is 24.5. The minimum Gasteiger partial charge on any atom is -0.453 e. The van der Waals surface area contributed by atoms with Crippen LogP contribution in [0.3, 0.4) is 0 Å². The van der Waals surface area contributed by atoms with Crippen molar-refractivity contribution in [2.24, 2.45) is 0 Å². The van der Waals surface area contributed by atoms with E-state index in [0.717, 1.165) is 45.4 Å². The van der Waals surface area contributed by atoms with Gasteiger partial charge in [0.2, 0.25) is 0 Å². The number of nitrogens with zero attached hydrogens (tertiary/aromatic N) is 2. The highest BCUT2D eigenvalue weighted by atomic mass is 16.5. The standard InChI is InChI=1S/C42H28N2O/c1-3-12-29(13-4-1)30-14-11-17-34(26-30)44-39-20-9-10-21-41(39)45-42-28-32(23-25-40(42)44)31-22-24-38-36(27-31)35-18-7-8-19-37(35)43(38)33-15-5-2-6-16-33/h1-28H. The van der Waals surface area contributed by atoms with Crippen molar-refractivity contribution >= 4 is 38.9 Å². The summed E-state index contributed by atoms with van der Waals surface area (Å²) in [5.74, 6) is 1.68. The van der Waals surface area contributed by atoms with Gasteiger partial charge >= 0.3 is 0 Å². The Kier molecular flexibility index (Phi) is 5.82. The van der Waals surface area contributed by atoms with Gasteiger partial charge in [-0.05, 0) is 89.0 Å². The molecule has 1 aromatic heterocycles. The Labute approximate surface area is 261 Å². The minimum atomic E-state index is 0.836. The molecule has 3 nitrogen and oxygen atoms in total. The maximum Gasteiger partial charge on any atom is 0.152 e. The smallest absolute Gasteiger partial charge is 0.152 e. The summed E-state index contributed by atoms with van der Waals surface area (Å²) in [7, 11) is 0. The maximum atomic E-state index is 6.58. The molecule has 0 aliphatic carbocycles. The van der Waals surface area contributed by atoms with Crippen LogP contribution in [0.15, 0.2) is 170 Å². The molecule has 212 valence electrons. The van der Waals surface area contributed by atoms with Crippen molar-refractivity contribution in [2.45, 2.75) is 0 Å². The normalized spacial score (nSPS) is 12.1. The van der Waals surface area contributed by atoms with Crippen molar-refractivity contribution in [1.82, 2.24) is 4.57 Å². The molecule has 0 radical (unpaired) electrons. The third-order valence-electron chi connectivity index (χ3n) is 8.76. The van der Waals surface area contributed by atoms with Gasteiger partial charge in [-0.2, -0.15) is 0 Å². The van der Waals surface area contributed by atoms with Crippen LogP contribution < -0.4 is 9.64 Å². The Balaban J connectivity index is 1.17. The van der Waals surface area contributed by atoms with Crippen LogP contribution in [0.1, 0.15) is 0 Å². The lowest BCUT2D eigenvalue weighted by Crippen LogP contribution is -2.15. The molecule has 0 spiro atoms. The van der Waals surface area contributed by atoms with E-state index in [1.54, 1.807) is 0 Å². The fraction of sp³-hybridized carbons (Fsp3) is 0. The zero-order chi connectivity index (χ0) is 29.7. The molecular weight excluding hydrogens is 548 g/mol. The number of rotatable bonds is 4. The second kappa shape index (κ2) is 10.3. The van der Waals surface area contributed by atoms with Gasteiger partial charge in [-0.25, -0.2) is 0 Å². The number of hydrogen-bond acceptors (Lipinski definition) is 2. The number of benzene rings is 7. The molecule has 1 aliphatic rings. The van der Waals surface area contributed by atoms with Crippen molar-refractivity contribution in [3.05, 3.63) is 170 Å². The molecular formula is C42H28N2O. The highest BCUT2D eigenvalue weighted by molar-refractivity contribution is 6.10. The largest absolute Gasteiger partial charge is 0.453 e. The number of hydrogen-bond donors (Lipinski definition) is 0. The zero-order valence-corrected chi connectivity index (χ0v) is 24.5. The van der Waals surface area contributed by atoms with E-state index >= 15 is 0 Å². The maximum absolute atomic E-state index is 6.58. The Morgan fingerprint density at radius 3 is 1.87 bits per heavy atom. The van der Waals surface area contributed by atoms with Gasteiger partial charge in [0, 0.05) is 22.1 Å². The van der Waals surface area contributed by atoms with Crippen molar-refractivity contribution in [2.75, 3.05) is 4.90 Å². The van der Waals surface area contributed by atoms with Crippen LogP contribution in [0.4, 0.5) is 17.1 Å². The summed E-state index contributed by atoms with van der Waals surface area (Å²) in [6.45, 7) is 0. The molecule has 0 fully saturated rings. The van der Waals surface area contributed by atoms with Gasteiger partial charge < -0.3 is 14.2 Å². The van der Waals surface area contributed by atoms with Gasteiger partial charge in [0.1, 0.15) is 0 Å². The summed E-state index contributed by atoms with van der Waals surface area (Å²) >= 11 is 0. The third kappa shape index (κ3) is 4.21. The fourth-order valence-corrected chi connectivity index (χ4v) is 6.68. The summed E-state index contributed by atoms with van der Waals surface area (Å²) in [6.07, 6.45) is 0. The van der Waals surface area contributed by atoms with E-state index in [2.05, 4.69) is 167 Å². The van der Waals surface area contributed by atoms with Gasteiger partial charge in [0.05, 0.1) is 22.4 Å². The number of ether oxygens (including phenoxy) is 1. The quantitative estimate of drug-likeness (QED) is 0.207. The first kappa shape index (κ1) is 25.4. The van der Waals surface area contributed by atoms with Gasteiger partial charge in [0.15, 0.2) is 11.5 Å². The van der Waals surface area contributed by atoms with E-state index in [1.807, 2.05) is 12.1 Å². The van der Waals surface area contributed by atoms with Crippen LogP contribution in [-0.2, 0) is 0 Å².